The van der Waals surface area contributed by atoms with Gasteiger partial charge in [-0.25, -0.2) is 0 Å². The Bertz CT molecular complexity index is 437. The molecule has 2 N–H and O–H groups in total. The van der Waals surface area contributed by atoms with Crippen LogP contribution in [-0.4, -0.2) is 29.9 Å². The van der Waals surface area contributed by atoms with Crippen molar-refractivity contribution in [1.82, 2.24) is 4.90 Å². The first kappa shape index (κ1) is 15.3. The minimum absolute atomic E-state index is 0. The monoisotopic (exact) mass is 288 g/mol. The van der Waals surface area contributed by atoms with E-state index in [1.807, 2.05) is 17.9 Å². The maximum absolute atomic E-state index is 12.4. The molecule has 1 amide bonds. The molecular weight excluding hydrogens is 271 g/mol. The average Bonchev–Trinajstić information content (AvgIpc) is 2.79. The van der Waals surface area contributed by atoms with Crippen LogP contribution in [0, 0.1) is 6.92 Å². The summed E-state index contributed by atoms with van der Waals surface area (Å²) >= 11 is 5.94. The standard InChI is InChI=1S/C13H17ClN2O.ClH/c1-9-4-5-10(14)7-12(9)13(17)16-6-2-3-11(16)8-15;/h4-5,7,11H,2-3,6,8,15H2,1H3;1H. The lowest BCUT2D eigenvalue weighted by atomic mass is 10.1. The quantitative estimate of drug-likeness (QED) is 0.909. The first-order chi connectivity index (χ1) is 8.13. The van der Waals surface area contributed by atoms with E-state index in [2.05, 4.69) is 0 Å². The van der Waals surface area contributed by atoms with E-state index in [9.17, 15) is 4.79 Å². The average molecular weight is 289 g/mol. The molecule has 3 nitrogen and oxygen atoms in total. The number of hydrogen-bond acceptors (Lipinski definition) is 2. The van der Waals surface area contributed by atoms with E-state index >= 15 is 0 Å². The molecule has 5 heteroatoms. The number of hydrogen-bond donors (Lipinski definition) is 1. The van der Waals surface area contributed by atoms with Gasteiger partial charge in [0.2, 0.25) is 0 Å². The Hall–Kier alpha value is -0.770. The van der Waals surface area contributed by atoms with Crippen molar-refractivity contribution in [3.05, 3.63) is 34.3 Å². The summed E-state index contributed by atoms with van der Waals surface area (Å²) in [6, 6.07) is 5.60. The number of aryl methyl sites for hydroxylation is 1. The van der Waals surface area contributed by atoms with Gasteiger partial charge in [-0.2, -0.15) is 0 Å². The van der Waals surface area contributed by atoms with Crippen LogP contribution in [0.5, 0.6) is 0 Å². The number of benzene rings is 1. The zero-order valence-corrected chi connectivity index (χ0v) is 11.9. The molecule has 2 rings (SSSR count). The van der Waals surface area contributed by atoms with Crippen molar-refractivity contribution in [3.8, 4) is 0 Å². The molecule has 1 aliphatic rings. The number of rotatable bonds is 2. The third kappa shape index (κ3) is 2.97. The molecule has 0 bridgehead atoms. The molecule has 1 aliphatic heterocycles. The van der Waals surface area contributed by atoms with Gasteiger partial charge >= 0.3 is 0 Å². The summed E-state index contributed by atoms with van der Waals surface area (Å²) < 4.78 is 0. The number of halogens is 2. The smallest absolute Gasteiger partial charge is 0.254 e. The van der Waals surface area contributed by atoms with Gasteiger partial charge in [0.1, 0.15) is 0 Å². The second-order valence-electron chi connectivity index (χ2n) is 4.49. The number of likely N-dealkylation sites (tertiary alicyclic amines) is 1. The molecule has 1 saturated heterocycles. The summed E-state index contributed by atoms with van der Waals surface area (Å²) in [5, 5.41) is 0.599. The minimum Gasteiger partial charge on any atom is -0.334 e. The lowest BCUT2D eigenvalue weighted by molar-refractivity contribution is 0.0740. The molecule has 0 saturated carbocycles. The molecule has 1 unspecified atom stereocenters. The van der Waals surface area contributed by atoms with Crippen LogP contribution in [0.4, 0.5) is 0 Å². The predicted octanol–water partition coefficient (Wildman–Crippen LogP) is 2.63. The summed E-state index contributed by atoms with van der Waals surface area (Å²) in [5.41, 5.74) is 7.34. The highest BCUT2D eigenvalue weighted by atomic mass is 35.5. The first-order valence-corrected chi connectivity index (χ1v) is 6.28. The van der Waals surface area contributed by atoms with Crippen LogP contribution < -0.4 is 5.73 Å². The molecular formula is C13H18Cl2N2O. The normalized spacial score (nSPS) is 18.6. The number of amides is 1. The number of nitrogens with zero attached hydrogens (tertiary/aromatic N) is 1. The van der Waals surface area contributed by atoms with Crippen molar-refractivity contribution in [3.63, 3.8) is 0 Å². The van der Waals surface area contributed by atoms with Crippen LogP contribution >= 0.6 is 24.0 Å². The van der Waals surface area contributed by atoms with E-state index in [1.165, 1.54) is 0 Å². The third-order valence-corrected chi connectivity index (χ3v) is 3.58. The van der Waals surface area contributed by atoms with Gasteiger partial charge in [0.15, 0.2) is 0 Å². The van der Waals surface area contributed by atoms with Crippen molar-refractivity contribution < 1.29 is 4.79 Å². The van der Waals surface area contributed by atoms with Crippen LogP contribution in [0.25, 0.3) is 0 Å². The van der Waals surface area contributed by atoms with Gasteiger partial charge in [0.05, 0.1) is 0 Å². The number of carbonyl (C=O) groups excluding carboxylic acids is 1. The van der Waals surface area contributed by atoms with Crippen LogP contribution in [0.3, 0.4) is 0 Å². The van der Waals surface area contributed by atoms with Crippen LogP contribution in [0.2, 0.25) is 5.02 Å². The van der Waals surface area contributed by atoms with Crippen molar-refractivity contribution in [2.75, 3.05) is 13.1 Å². The molecule has 1 aromatic rings. The van der Waals surface area contributed by atoms with E-state index in [4.69, 9.17) is 17.3 Å². The van der Waals surface area contributed by atoms with Crippen molar-refractivity contribution in [2.45, 2.75) is 25.8 Å². The second kappa shape index (κ2) is 6.41. The molecule has 0 radical (unpaired) electrons. The minimum atomic E-state index is 0. The topological polar surface area (TPSA) is 46.3 Å². The summed E-state index contributed by atoms with van der Waals surface area (Å²) in [6.45, 7) is 3.26. The molecule has 0 spiro atoms. The van der Waals surface area contributed by atoms with Gasteiger partial charge in [-0.05, 0) is 37.5 Å². The molecule has 1 fully saturated rings. The Morgan fingerprint density at radius 3 is 2.94 bits per heavy atom. The van der Waals surface area contributed by atoms with Crippen LogP contribution in [0.1, 0.15) is 28.8 Å². The SMILES string of the molecule is Cc1ccc(Cl)cc1C(=O)N1CCCC1CN.Cl. The van der Waals surface area contributed by atoms with E-state index < -0.39 is 0 Å². The Balaban J connectivity index is 0.00000162. The number of carbonyl (C=O) groups is 1. The summed E-state index contributed by atoms with van der Waals surface area (Å²) in [6.07, 6.45) is 2.04. The van der Waals surface area contributed by atoms with Gasteiger partial charge in [-0.1, -0.05) is 17.7 Å². The summed E-state index contributed by atoms with van der Waals surface area (Å²) in [4.78, 5) is 14.3. The third-order valence-electron chi connectivity index (χ3n) is 3.34. The maximum Gasteiger partial charge on any atom is 0.254 e. The zero-order chi connectivity index (χ0) is 12.4. The Kier molecular flexibility index (Phi) is 5.45. The molecule has 100 valence electrons. The predicted molar refractivity (Wildman–Crippen MR) is 76.5 cm³/mol. The highest BCUT2D eigenvalue weighted by molar-refractivity contribution is 6.31. The highest BCUT2D eigenvalue weighted by Gasteiger charge is 2.28. The Labute approximate surface area is 119 Å². The van der Waals surface area contributed by atoms with Gasteiger partial charge in [-0.3, -0.25) is 4.79 Å². The van der Waals surface area contributed by atoms with Gasteiger partial charge in [-0.15, -0.1) is 12.4 Å². The Morgan fingerprint density at radius 2 is 2.28 bits per heavy atom. The van der Waals surface area contributed by atoms with Crippen molar-refractivity contribution >= 4 is 29.9 Å². The number of nitrogens with two attached hydrogens (primary N) is 1. The highest BCUT2D eigenvalue weighted by Crippen LogP contribution is 2.22. The lowest BCUT2D eigenvalue weighted by Gasteiger charge is -2.24. The van der Waals surface area contributed by atoms with Gasteiger partial charge in [0, 0.05) is 29.7 Å². The molecule has 0 aliphatic carbocycles. The van der Waals surface area contributed by atoms with Gasteiger partial charge in [0.25, 0.3) is 5.91 Å². The molecule has 1 heterocycles. The molecule has 1 aromatic carbocycles. The van der Waals surface area contributed by atoms with Crippen LogP contribution in [-0.2, 0) is 0 Å². The molecule has 18 heavy (non-hydrogen) atoms. The molecule has 0 aromatic heterocycles. The van der Waals surface area contributed by atoms with Gasteiger partial charge < -0.3 is 10.6 Å². The maximum atomic E-state index is 12.4. The summed E-state index contributed by atoms with van der Waals surface area (Å²) in [7, 11) is 0. The fourth-order valence-corrected chi connectivity index (χ4v) is 2.50. The largest absolute Gasteiger partial charge is 0.334 e. The van der Waals surface area contributed by atoms with Crippen LogP contribution in [0.15, 0.2) is 18.2 Å². The fraction of sp³-hybridized carbons (Fsp3) is 0.462. The molecule has 1 atom stereocenters. The van der Waals surface area contributed by atoms with Crippen molar-refractivity contribution in [1.29, 1.82) is 0 Å². The fourth-order valence-electron chi connectivity index (χ4n) is 2.33. The second-order valence-corrected chi connectivity index (χ2v) is 4.93. The summed E-state index contributed by atoms with van der Waals surface area (Å²) in [5.74, 6) is 0.0537. The lowest BCUT2D eigenvalue weighted by Crippen LogP contribution is -2.40. The van der Waals surface area contributed by atoms with E-state index in [0.29, 0.717) is 17.1 Å². The van der Waals surface area contributed by atoms with E-state index in [0.717, 1.165) is 24.9 Å². The van der Waals surface area contributed by atoms with E-state index in [-0.39, 0.29) is 24.4 Å². The van der Waals surface area contributed by atoms with E-state index in [1.54, 1.807) is 12.1 Å². The Morgan fingerprint density at radius 1 is 1.56 bits per heavy atom. The van der Waals surface area contributed by atoms with Crippen molar-refractivity contribution in [2.24, 2.45) is 5.73 Å². The zero-order valence-electron chi connectivity index (χ0n) is 10.4. The first-order valence-electron chi connectivity index (χ1n) is 5.90.